The topological polar surface area (TPSA) is 134 Å². The second-order valence-corrected chi connectivity index (χ2v) is 9.75. The van der Waals surface area contributed by atoms with Crippen LogP contribution in [0.2, 0.25) is 5.02 Å². The van der Waals surface area contributed by atoms with Crippen LogP contribution in [0.3, 0.4) is 0 Å². The number of rotatable bonds is 8. The normalized spacial score (nSPS) is 14.0. The number of aromatic nitrogens is 2. The van der Waals surface area contributed by atoms with E-state index in [-0.39, 0.29) is 10.8 Å². The van der Waals surface area contributed by atoms with Crippen LogP contribution in [0.5, 0.6) is 5.75 Å². The number of para-hydroxylation sites is 1. The first-order chi connectivity index (χ1) is 16.3. The molecule has 0 spiro atoms. The zero-order valence-corrected chi connectivity index (χ0v) is 20.2. The van der Waals surface area contributed by atoms with Gasteiger partial charge in [0.15, 0.2) is 5.82 Å². The van der Waals surface area contributed by atoms with Crippen LogP contribution in [0.15, 0.2) is 48.7 Å². The van der Waals surface area contributed by atoms with Gasteiger partial charge in [-0.15, -0.1) is 0 Å². The average Bonchev–Trinajstić information content (AvgIpc) is 2.82. The summed E-state index contributed by atoms with van der Waals surface area (Å²) in [4.78, 5) is 11.0. The largest absolute Gasteiger partial charge is 0.494 e. The Morgan fingerprint density at radius 1 is 1.15 bits per heavy atom. The van der Waals surface area contributed by atoms with Gasteiger partial charge < -0.3 is 25.6 Å². The number of benzene rings is 2. The number of nitrogens with one attached hydrogen (secondary N) is 3. The smallest absolute Gasteiger partial charge is 0.229 e. The Labute approximate surface area is 203 Å². The van der Waals surface area contributed by atoms with Gasteiger partial charge in [0.2, 0.25) is 16.0 Å². The lowest BCUT2D eigenvalue weighted by Gasteiger charge is -2.30. The summed E-state index contributed by atoms with van der Waals surface area (Å²) in [5, 5.41) is 15.1. The second kappa shape index (κ2) is 10.4. The summed E-state index contributed by atoms with van der Waals surface area (Å²) in [5.41, 5.74) is 2.81. The Hall–Kier alpha value is -3.12. The molecule has 0 radical (unpaired) electrons. The number of piperazine rings is 1. The minimum Gasteiger partial charge on any atom is -0.494 e. The maximum absolute atomic E-state index is 11.6. The Balaban J connectivity index is 1.56. The molecule has 3 aromatic rings. The number of halogens is 1. The fourth-order valence-corrected chi connectivity index (χ4v) is 4.47. The highest BCUT2D eigenvalue weighted by Crippen LogP contribution is 2.33. The highest BCUT2D eigenvalue weighted by atomic mass is 35.5. The van der Waals surface area contributed by atoms with E-state index >= 15 is 0 Å². The van der Waals surface area contributed by atoms with E-state index in [2.05, 4.69) is 30.8 Å². The maximum Gasteiger partial charge on any atom is 0.229 e. The number of anilines is 5. The molecule has 0 atom stereocenters. The van der Waals surface area contributed by atoms with Crippen LogP contribution in [0, 0.1) is 0 Å². The van der Waals surface area contributed by atoms with Crippen molar-refractivity contribution in [1.82, 2.24) is 15.3 Å². The number of ether oxygens (including phenoxy) is 1. The minimum atomic E-state index is -3.71. The lowest BCUT2D eigenvalue weighted by atomic mass is 10.2. The zero-order chi connectivity index (χ0) is 24.1. The minimum absolute atomic E-state index is 0.275. The van der Waals surface area contributed by atoms with E-state index in [9.17, 15) is 8.42 Å². The summed E-state index contributed by atoms with van der Waals surface area (Å²) in [5.74, 6) is 0.949. The van der Waals surface area contributed by atoms with E-state index in [1.165, 1.54) is 6.20 Å². The molecule has 34 heavy (non-hydrogen) atoms. The highest BCUT2D eigenvalue weighted by Gasteiger charge is 2.15. The molecule has 1 saturated heterocycles. The van der Waals surface area contributed by atoms with Gasteiger partial charge in [-0.1, -0.05) is 29.8 Å². The molecule has 1 aliphatic heterocycles. The molecular weight excluding hydrogens is 478 g/mol. The predicted octanol–water partition coefficient (Wildman–Crippen LogP) is 2.82. The Morgan fingerprint density at radius 3 is 2.65 bits per heavy atom. The van der Waals surface area contributed by atoms with Crippen LogP contribution in [-0.2, 0) is 15.8 Å². The maximum atomic E-state index is 11.6. The summed E-state index contributed by atoms with van der Waals surface area (Å²) in [6.07, 6.45) is 1.46. The van der Waals surface area contributed by atoms with Crippen LogP contribution in [0.4, 0.5) is 28.8 Å². The van der Waals surface area contributed by atoms with Gasteiger partial charge in [0.05, 0.1) is 24.7 Å². The van der Waals surface area contributed by atoms with E-state index in [0.717, 1.165) is 31.9 Å². The number of nitrogens with zero attached hydrogens (tertiary/aromatic N) is 3. The number of sulfonamides is 1. The van der Waals surface area contributed by atoms with Gasteiger partial charge in [-0.25, -0.2) is 18.5 Å². The summed E-state index contributed by atoms with van der Waals surface area (Å²) in [6, 6.07) is 12.8. The molecule has 1 aromatic heterocycles. The van der Waals surface area contributed by atoms with Crippen LogP contribution in [-0.4, -0.2) is 51.7 Å². The van der Waals surface area contributed by atoms with E-state index < -0.39 is 10.0 Å². The number of methoxy groups -OCH3 is 1. The highest BCUT2D eigenvalue weighted by molar-refractivity contribution is 7.88. The molecule has 5 N–H and O–H groups in total. The van der Waals surface area contributed by atoms with Crippen molar-refractivity contribution in [2.24, 2.45) is 5.14 Å². The molecule has 0 unspecified atom stereocenters. The average molecular weight is 504 g/mol. The molecule has 12 heteroatoms. The van der Waals surface area contributed by atoms with E-state index in [0.29, 0.717) is 34.5 Å². The van der Waals surface area contributed by atoms with E-state index in [4.69, 9.17) is 21.5 Å². The Bertz CT molecular complexity index is 1270. The van der Waals surface area contributed by atoms with Crippen molar-refractivity contribution in [3.8, 4) is 5.75 Å². The third kappa shape index (κ3) is 6.06. The lowest BCUT2D eigenvalue weighted by molar-refractivity contribution is 0.416. The molecule has 1 aliphatic rings. The first-order valence-electron chi connectivity index (χ1n) is 10.6. The standard InChI is InChI=1S/C22H26ClN7O3S/c1-33-20-12-16(30-10-8-25-9-11-30)6-7-19(20)28-22-26-13-17(23)21(29-22)27-18-5-3-2-4-15(18)14-34(24,31)32/h2-7,12-13,25H,8-11,14H2,1H3,(H2,24,31,32)(H2,26,27,28,29). The van der Waals surface area contributed by atoms with Crippen molar-refractivity contribution >= 4 is 50.5 Å². The van der Waals surface area contributed by atoms with Crippen LogP contribution >= 0.6 is 11.6 Å². The molecule has 2 heterocycles. The Morgan fingerprint density at radius 2 is 1.91 bits per heavy atom. The number of nitrogens with two attached hydrogens (primary N) is 1. The molecule has 0 aliphatic carbocycles. The molecule has 2 aromatic carbocycles. The van der Waals surface area contributed by atoms with Crippen LogP contribution in [0.1, 0.15) is 5.56 Å². The van der Waals surface area contributed by atoms with E-state index in [1.54, 1.807) is 31.4 Å². The van der Waals surface area contributed by atoms with Crippen molar-refractivity contribution in [3.05, 3.63) is 59.2 Å². The number of hydrogen-bond acceptors (Lipinski definition) is 9. The van der Waals surface area contributed by atoms with Gasteiger partial charge in [-0.05, 0) is 23.8 Å². The molecule has 1 fully saturated rings. The van der Waals surface area contributed by atoms with Crippen molar-refractivity contribution in [3.63, 3.8) is 0 Å². The third-order valence-corrected chi connectivity index (χ3v) is 6.27. The quantitative estimate of drug-likeness (QED) is 0.366. The summed E-state index contributed by atoms with van der Waals surface area (Å²) >= 11 is 6.31. The molecular formula is C22H26ClN7O3S. The number of primary sulfonamides is 1. The van der Waals surface area contributed by atoms with E-state index in [1.807, 2.05) is 18.2 Å². The molecule has 4 rings (SSSR count). The van der Waals surface area contributed by atoms with Crippen molar-refractivity contribution < 1.29 is 13.2 Å². The molecule has 0 amide bonds. The van der Waals surface area contributed by atoms with Gasteiger partial charge in [0.25, 0.3) is 0 Å². The zero-order valence-electron chi connectivity index (χ0n) is 18.6. The first kappa shape index (κ1) is 24.0. The molecule has 180 valence electrons. The van der Waals surface area contributed by atoms with Gasteiger partial charge in [0.1, 0.15) is 10.8 Å². The summed E-state index contributed by atoms with van der Waals surface area (Å²) in [6.45, 7) is 3.74. The van der Waals surface area contributed by atoms with Crippen LogP contribution in [0.25, 0.3) is 0 Å². The molecule has 0 bridgehead atoms. The number of hydrogen-bond donors (Lipinski definition) is 4. The third-order valence-electron chi connectivity index (χ3n) is 5.28. The van der Waals surface area contributed by atoms with Crippen LogP contribution < -0.4 is 30.7 Å². The predicted molar refractivity (Wildman–Crippen MR) is 135 cm³/mol. The fraction of sp³-hybridized carbons (Fsp3) is 0.273. The Kier molecular flexibility index (Phi) is 7.37. The fourth-order valence-electron chi connectivity index (χ4n) is 3.65. The molecule has 0 saturated carbocycles. The second-order valence-electron chi connectivity index (χ2n) is 7.73. The van der Waals surface area contributed by atoms with Crippen molar-refractivity contribution in [1.29, 1.82) is 0 Å². The SMILES string of the molecule is COc1cc(N2CCNCC2)ccc1Nc1ncc(Cl)c(Nc2ccccc2CS(N)(=O)=O)n1. The van der Waals surface area contributed by atoms with Crippen molar-refractivity contribution in [2.45, 2.75) is 5.75 Å². The summed E-state index contributed by atoms with van der Waals surface area (Å²) in [7, 11) is -2.10. The first-order valence-corrected chi connectivity index (χ1v) is 12.7. The van der Waals surface area contributed by atoms with Crippen molar-refractivity contribution in [2.75, 3.05) is 48.8 Å². The van der Waals surface area contributed by atoms with Gasteiger partial charge >= 0.3 is 0 Å². The summed E-state index contributed by atoms with van der Waals surface area (Å²) < 4.78 is 28.8. The van der Waals surface area contributed by atoms with Gasteiger partial charge in [-0.3, -0.25) is 0 Å². The molecule has 10 nitrogen and oxygen atoms in total. The van der Waals surface area contributed by atoms with Gasteiger partial charge in [-0.2, -0.15) is 4.98 Å². The lowest BCUT2D eigenvalue weighted by Crippen LogP contribution is -2.43. The van der Waals surface area contributed by atoms with Gasteiger partial charge in [0, 0.05) is 43.6 Å². The monoisotopic (exact) mass is 503 g/mol.